The minimum absolute atomic E-state index is 0.0701. The zero-order valence-corrected chi connectivity index (χ0v) is 26.7. The number of likely N-dealkylation sites (tertiary alicyclic amines) is 1. The van der Waals surface area contributed by atoms with Gasteiger partial charge in [0.25, 0.3) is 0 Å². The molecule has 0 aliphatic carbocycles. The third-order valence-corrected chi connectivity index (χ3v) is 11.7. The Morgan fingerprint density at radius 1 is 0.809 bits per heavy atom. The molecule has 15 heteroatoms. The first-order valence-corrected chi connectivity index (χ1v) is 17.5. The Morgan fingerprint density at radius 3 is 1.79 bits per heavy atom. The molecule has 3 aromatic rings. The fourth-order valence-corrected chi connectivity index (χ4v) is 8.06. The van der Waals surface area contributed by atoms with Gasteiger partial charge in [-0.3, -0.25) is 4.90 Å². The van der Waals surface area contributed by atoms with Crippen LogP contribution in [0.15, 0.2) is 88.7 Å². The highest BCUT2D eigenvalue weighted by Crippen LogP contribution is 2.25. The van der Waals surface area contributed by atoms with Crippen LogP contribution in [0.2, 0.25) is 0 Å². The van der Waals surface area contributed by atoms with Crippen LogP contribution in [-0.4, -0.2) is 92.4 Å². The highest BCUT2D eigenvalue weighted by atomic mass is 32.2. The molecule has 2 saturated heterocycles. The highest BCUT2D eigenvalue weighted by Gasteiger charge is 2.38. The van der Waals surface area contributed by atoms with E-state index >= 15 is 0 Å². The van der Waals surface area contributed by atoms with Crippen molar-refractivity contribution in [3.63, 3.8) is 0 Å². The Bertz CT molecular complexity index is 1730. The van der Waals surface area contributed by atoms with Gasteiger partial charge in [0.2, 0.25) is 0 Å². The Balaban J connectivity index is 0.000000230. The molecular weight excluding hydrogens is 661 g/mol. The Labute approximate surface area is 271 Å². The maximum atomic E-state index is 12.7. The van der Waals surface area contributed by atoms with Crippen molar-refractivity contribution in [1.29, 1.82) is 0 Å². The van der Waals surface area contributed by atoms with Crippen LogP contribution in [0.1, 0.15) is 18.4 Å². The van der Waals surface area contributed by atoms with Gasteiger partial charge in [0.15, 0.2) is 19.7 Å². The number of benzene rings is 3. The summed E-state index contributed by atoms with van der Waals surface area (Å²) in [6, 6.07) is 21.5. The van der Waals surface area contributed by atoms with E-state index in [1.54, 1.807) is 0 Å². The van der Waals surface area contributed by atoms with Crippen molar-refractivity contribution in [3.8, 4) is 23.3 Å². The van der Waals surface area contributed by atoms with Crippen molar-refractivity contribution < 1.29 is 50.1 Å². The number of carboxylic acids is 1. The molecule has 2 aliphatic heterocycles. The lowest BCUT2D eigenvalue weighted by molar-refractivity contribution is -0.192. The molecule has 10 nitrogen and oxygen atoms in total. The summed E-state index contributed by atoms with van der Waals surface area (Å²) in [5, 5.41) is 27.8. The van der Waals surface area contributed by atoms with Crippen LogP contribution in [0, 0.1) is 11.8 Å². The summed E-state index contributed by atoms with van der Waals surface area (Å²) < 4.78 is 81.1. The second-order valence-electron chi connectivity index (χ2n) is 10.7. The van der Waals surface area contributed by atoms with Crippen LogP contribution in [0.5, 0.6) is 11.5 Å². The number of carbonyl (C=O) groups is 1. The van der Waals surface area contributed by atoms with Gasteiger partial charge >= 0.3 is 12.1 Å². The number of alkyl halides is 3. The van der Waals surface area contributed by atoms with Crippen LogP contribution in [0.4, 0.5) is 13.2 Å². The first kappa shape index (κ1) is 37.4. The molecule has 2 aliphatic rings. The van der Waals surface area contributed by atoms with Gasteiger partial charge in [-0.25, -0.2) is 21.6 Å². The van der Waals surface area contributed by atoms with E-state index in [1.165, 1.54) is 54.1 Å². The molecule has 2 unspecified atom stereocenters. The molecule has 0 amide bonds. The summed E-state index contributed by atoms with van der Waals surface area (Å²) in [5.74, 6) is 3.69. The van der Waals surface area contributed by atoms with Crippen molar-refractivity contribution in [2.45, 2.75) is 45.7 Å². The Morgan fingerprint density at radius 2 is 1.32 bits per heavy atom. The first-order valence-electron chi connectivity index (χ1n) is 14.4. The number of nitrogens with one attached hydrogen (secondary N) is 1. The Hall–Kier alpha value is -4.10. The molecule has 2 fully saturated rings. The smallest absolute Gasteiger partial charge is 0.490 e. The van der Waals surface area contributed by atoms with Crippen molar-refractivity contribution in [3.05, 3.63) is 84.4 Å². The van der Waals surface area contributed by atoms with Crippen LogP contribution < -0.4 is 5.32 Å². The summed E-state index contributed by atoms with van der Waals surface area (Å²) in [6.07, 6.45) is -3.10. The molecule has 3 aromatic carbocycles. The van der Waals surface area contributed by atoms with E-state index in [0.717, 1.165) is 13.1 Å². The van der Waals surface area contributed by atoms with Crippen LogP contribution in [0.3, 0.4) is 0 Å². The van der Waals surface area contributed by atoms with Gasteiger partial charge in [-0.15, -0.1) is 0 Å². The average Bonchev–Trinajstić information content (AvgIpc) is 3.75. The summed E-state index contributed by atoms with van der Waals surface area (Å²) in [7, 11) is -6.59. The Kier molecular flexibility index (Phi) is 13.2. The fourth-order valence-electron chi connectivity index (χ4n) is 4.67. The van der Waals surface area contributed by atoms with Gasteiger partial charge in [0, 0.05) is 26.1 Å². The molecule has 0 saturated carbocycles. The SMILES string of the molecule is O=C(O)C(F)(F)F.O=S(=O)(c1ccc(O)cc1)C1CCN(CC#CCc2ccccc2)C1.O=S(=O)(c1ccc(O)cc1)C1CCNC1. The molecule has 4 N–H and O–H groups in total. The quantitative estimate of drug-likeness (QED) is 0.280. The maximum absolute atomic E-state index is 12.7. The third-order valence-electron chi connectivity index (χ3n) is 7.26. The number of carboxylic acid groups (broad SMARTS) is 1. The van der Waals surface area contributed by atoms with E-state index in [1.807, 2.05) is 30.3 Å². The number of rotatable bonds is 6. The van der Waals surface area contributed by atoms with E-state index in [2.05, 4.69) is 22.1 Å². The number of hydrogen-bond acceptors (Lipinski definition) is 9. The van der Waals surface area contributed by atoms with Gasteiger partial charge in [0.1, 0.15) is 11.5 Å². The van der Waals surface area contributed by atoms with Crippen molar-refractivity contribution in [2.24, 2.45) is 0 Å². The number of sulfone groups is 2. The van der Waals surface area contributed by atoms with Crippen molar-refractivity contribution in [2.75, 3.05) is 32.7 Å². The topological polar surface area (TPSA) is 161 Å². The highest BCUT2D eigenvalue weighted by molar-refractivity contribution is 7.92. The lowest BCUT2D eigenvalue weighted by atomic mass is 10.2. The van der Waals surface area contributed by atoms with E-state index in [0.29, 0.717) is 38.9 Å². The first-order chi connectivity index (χ1) is 22.1. The maximum Gasteiger partial charge on any atom is 0.490 e. The van der Waals surface area contributed by atoms with E-state index in [-0.39, 0.29) is 26.5 Å². The summed E-state index contributed by atoms with van der Waals surface area (Å²) in [4.78, 5) is 11.5. The minimum Gasteiger partial charge on any atom is -0.508 e. The van der Waals surface area contributed by atoms with E-state index in [4.69, 9.17) is 15.0 Å². The van der Waals surface area contributed by atoms with Crippen LogP contribution in [0.25, 0.3) is 0 Å². The molecular formula is C32H35F3N2O8S2. The van der Waals surface area contributed by atoms with E-state index in [9.17, 15) is 35.1 Å². The standard InChI is InChI=1S/C20H21NO3S.C10H13NO3S.C2HF3O2/c22-18-9-11-19(12-10-18)25(23,24)20-13-15-21(16-20)14-5-4-8-17-6-2-1-3-7-17;12-8-1-3-9(4-2-8)15(13,14)10-5-6-11-7-10;3-2(4,5)1(6)7/h1-3,6-7,9-12,20,22H,8,13-16H2;1-4,10-12H,5-7H2;(H,6,7). The molecule has 0 aromatic heterocycles. The molecule has 47 heavy (non-hydrogen) atoms. The van der Waals surface area contributed by atoms with Gasteiger partial charge in [0.05, 0.1) is 26.8 Å². The number of aliphatic carboxylic acids is 1. The van der Waals surface area contributed by atoms with Gasteiger partial charge < -0.3 is 20.6 Å². The van der Waals surface area contributed by atoms with Gasteiger partial charge in [-0.05, 0) is 73.5 Å². The molecule has 0 bridgehead atoms. The second kappa shape index (κ2) is 16.6. The van der Waals surface area contributed by atoms with Crippen LogP contribution in [-0.2, 0) is 30.9 Å². The largest absolute Gasteiger partial charge is 0.508 e. The second-order valence-corrected chi connectivity index (χ2v) is 15.1. The normalized spacial score (nSPS) is 18.1. The number of halogens is 3. The number of aromatic hydroxyl groups is 2. The summed E-state index contributed by atoms with van der Waals surface area (Å²) >= 11 is 0. The van der Waals surface area contributed by atoms with Gasteiger partial charge in [-0.1, -0.05) is 42.2 Å². The number of phenols is 2. The fraction of sp³-hybridized carbons (Fsp3) is 0.344. The van der Waals surface area contributed by atoms with Crippen molar-refractivity contribution in [1.82, 2.24) is 10.2 Å². The number of hydrogen-bond donors (Lipinski definition) is 4. The van der Waals surface area contributed by atoms with Gasteiger partial charge in [-0.2, -0.15) is 13.2 Å². The van der Waals surface area contributed by atoms with Crippen LogP contribution >= 0.6 is 0 Å². The molecule has 0 spiro atoms. The lowest BCUT2D eigenvalue weighted by Gasteiger charge is -2.13. The van der Waals surface area contributed by atoms with Crippen molar-refractivity contribution >= 4 is 25.6 Å². The monoisotopic (exact) mass is 696 g/mol. The lowest BCUT2D eigenvalue weighted by Crippen LogP contribution is -2.27. The molecule has 5 rings (SSSR count). The summed E-state index contributed by atoms with van der Waals surface area (Å²) in [6.45, 7) is 3.10. The minimum atomic E-state index is -5.08. The zero-order chi connectivity index (χ0) is 34.7. The number of phenolic OH excluding ortho intramolecular Hbond substituents is 2. The predicted molar refractivity (Wildman–Crippen MR) is 168 cm³/mol. The van der Waals surface area contributed by atoms with E-state index < -0.39 is 37.1 Å². The average molecular weight is 697 g/mol. The molecule has 254 valence electrons. The predicted octanol–water partition coefficient (Wildman–Crippen LogP) is 3.65. The number of nitrogens with zero attached hydrogens (tertiary/aromatic N) is 1. The zero-order valence-electron chi connectivity index (χ0n) is 25.1. The molecule has 2 atom stereocenters. The molecule has 0 radical (unpaired) electrons. The summed E-state index contributed by atoms with van der Waals surface area (Å²) in [5.41, 5.74) is 1.18. The third kappa shape index (κ3) is 11.3. The molecule has 2 heterocycles.